The van der Waals surface area contributed by atoms with Crippen LogP contribution in [-0.4, -0.2) is 50.0 Å². The molecule has 1 saturated heterocycles. The number of hydrogen-bond donors (Lipinski definition) is 1. The summed E-state index contributed by atoms with van der Waals surface area (Å²) >= 11 is 1.50. The maximum Gasteiger partial charge on any atom is 0.255 e. The van der Waals surface area contributed by atoms with Gasteiger partial charge in [-0.1, -0.05) is 42.1 Å². The largest absolute Gasteiger partial charge is 0.322 e. The zero-order chi connectivity index (χ0) is 24.2. The van der Waals surface area contributed by atoms with Gasteiger partial charge in [0.25, 0.3) is 11.7 Å². The first kappa shape index (κ1) is 23.5. The standard InChI is InChI=1S/C27H30N6OS/c1-19-17-20(2)33-26(28-19)30-27(31-33)35-18-22-7-3-4-8-24(22)25(34)29-23-11-9-21(10-12-23)13-16-32-14-5-6-15-32/h3-4,7-12,17H,5-6,13-16,18H2,1-2H3,(H,29,34). The highest BCUT2D eigenvalue weighted by Crippen LogP contribution is 2.24. The van der Waals surface area contributed by atoms with Crippen LogP contribution in [0.4, 0.5) is 5.69 Å². The molecule has 3 heterocycles. The average molecular weight is 487 g/mol. The second kappa shape index (κ2) is 10.6. The number of thioether (sulfide) groups is 1. The van der Waals surface area contributed by atoms with E-state index in [0.717, 1.165) is 35.6 Å². The zero-order valence-electron chi connectivity index (χ0n) is 20.2. The molecule has 0 saturated carbocycles. The maximum atomic E-state index is 13.1. The van der Waals surface area contributed by atoms with E-state index in [1.165, 1.54) is 43.3 Å². The first-order valence-corrected chi connectivity index (χ1v) is 13.1. The highest BCUT2D eigenvalue weighted by molar-refractivity contribution is 7.98. The van der Waals surface area contributed by atoms with Gasteiger partial charge in [-0.3, -0.25) is 4.79 Å². The molecule has 2 aromatic heterocycles. The average Bonchev–Trinajstić information content (AvgIpc) is 3.52. The molecule has 5 rings (SSSR count). The summed E-state index contributed by atoms with van der Waals surface area (Å²) in [7, 11) is 0. The number of likely N-dealkylation sites (tertiary alicyclic amines) is 1. The van der Waals surface area contributed by atoms with Crippen LogP contribution in [0.5, 0.6) is 0 Å². The molecule has 0 aliphatic carbocycles. The lowest BCUT2D eigenvalue weighted by Gasteiger charge is -2.14. The second-order valence-electron chi connectivity index (χ2n) is 9.04. The van der Waals surface area contributed by atoms with E-state index in [4.69, 9.17) is 0 Å². The van der Waals surface area contributed by atoms with Gasteiger partial charge in [0.1, 0.15) is 0 Å². The molecule has 180 valence electrons. The van der Waals surface area contributed by atoms with E-state index in [-0.39, 0.29) is 5.91 Å². The van der Waals surface area contributed by atoms with Crippen molar-refractivity contribution in [1.82, 2.24) is 24.5 Å². The zero-order valence-corrected chi connectivity index (χ0v) is 21.0. The van der Waals surface area contributed by atoms with E-state index < -0.39 is 0 Å². The number of nitrogens with zero attached hydrogens (tertiary/aromatic N) is 5. The van der Waals surface area contributed by atoms with E-state index in [9.17, 15) is 4.79 Å². The fraction of sp³-hybridized carbons (Fsp3) is 0.333. The third-order valence-corrected chi connectivity index (χ3v) is 7.23. The molecule has 0 spiro atoms. The van der Waals surface area contributed by atoms with Crippen molar-refractivity contribution in [2.75, 3.05) is 25.0 Å². The smallest absolute Gasteiger partial charge is 0.255 e. The predicted octanol–water partition coefficient (Wildman–Crippen LogP) is 4.92. The summed E-state index contributed by atoms with van der Waals surface area (Å²) in [6.07, 6.45) is 3.67. The number of anilines is 1. The predicted molar refractivity (Wildman–Crippen MR) is 140 cm³/mol. The van der Waals surface area contributed by atoms with Crippen LogP contribution in [0.3, 0.4) is 0 Å². The van der Waals surface area contributed by atoms with Crippen LogP contribution in [0.25, 0.3) is 5.78 Å². The highest BCUT2D eigenvalue weighted by Gasteiger charge is 2.14. The summed E-state index contributed by atoms with van der Waals surface area (Å²) in [4.78, 5) is 24.6. The Bertz CT molecular complexity index is 1330. The van der Waals surface area contributed by atoms with Gasteiger partial charge in [-0.05, 0) is 81.6 Å². The van der Waals surface area contributed by atoms with Crippen LogP contribution in [0.15, 0.2) is 59.8 Å². The van der Waals surface area contributed by atoms with Crippen LogP contribution < -0.4 is 5.32 Å². The second-order valence-corrected chi connectivity index (χ2v) is 9.98. The summed E-state index contributed by atoms with van der Waals surface area (Å²) in [5.41, 5.74) is 5.62. The Labute approximate surface area is 210 Å². The van der Waals surface area contributed by atoms with Crippen LogP contribution in [0.2, 0.25) is 0 Å². The number of benzene rings is 2. The number of rotatable bonds is 8. The van der Waals surface area contributed by atoms with E-state index in [0.29, 0.717) is 22.3 Å². The molecule has 0 atom stereocenters. The lowest BCUT2D eigenvalue weighted by atomic mass is 10.1. The number of nitrogens with one attached hydrogen (secondary N) is 1. The van der Waals surface area contributed by atoms with Gasteiger partial charge in [-0.25, -0.2) is 9.50 Å². The normalized spacial score (nSPS) is 14.0. The molecule has 7 nitrogen and oxygen atoms in total. The molecule has 35 heavy (non-hydrogen) atoms. The molecule has 1 aliphatic rings. The molecule has 1 aliphatic heterocycles. The van der Waals surface area contributed by atoms with Crippen LogP contribution in [0.1, 0.15) is 45.7 Å². The van der Waals surface area contributed by atoms with Gasteiger partial charge in [0, 0.05) is 34.9 Å². The van der Waals surface area contributed by atoms with E-state index in [1.807, 2.05) is 56.3 Å². The SMILES string of the molecule is Cc1cc(C)n2nc(SCc3ccccc3C(=O)Nc3ccc(CCN4CCCC4)cc3)nc2n1. The first-order valence-electron chi connectivity index (χ1n) is 12.1. The van der Waals surface area contributed by atoms with Crippen molar-refractivity contribution in [3.63, 3.8) is 0 Å². The Morgan fingerprint density at radius 1 is 1.03 bits per heavy atom. The minimum absolute atomic E-state index is 0.109. The van der Waals surface area contributed by atoms with Gasteiger partial charge >= 0.3 is 0 Å². The molecule has 0 radical (unpaired) electrons. The Kier molecular flexibility index (Phi) is 7.11. The minimum Gasteiger partial charge on any atom is -0.322 e. The van der Waals surface area contributed by atoms with Crippen LogP contribution in [-0.2, 0) is 12.2 Å². The van der Waals surface area contributed by atoms with Crippen molar-refractivity contribution in [2.24, 2.45) is 0 Å². The summed E-state index contributed by atoms with van der Waals surface area (Å²) in [6, 6.07) is 17.9. The molecule has 0 unspecified atom stereocenters. The first-order chi connectivity index (χ1) is 17.0. The number of hydrogen-bond acceptors (Lipinski definition) is 6. The van der Waals surface area contributed by atoms with Gasteiger partial charge in [-0.15, -0.1) is 5.10 Å². The quantitative estimate of drug-likeness (QED) is 0.356. The molecule has 1 N–H and O–H groups in total. The fourth-order valence-corrected chi connectivity index (χ4v) is 5.29. The van der Waals surface area contributed by atoms with Gasteiger partial charge < -0.3 is 10.2 Å². The van der Waals surface area contributed by atoms with Gasteiger partial charge in [0.05, 0.1) is 0 Å². The lowest BCUT2D eigenvalue weighted by Crippen LogP contribution is -2.21. The molecule has 8 heteroatoms. The minimum atomic E-state index is -0.109. The Morgan fingerprint density at radius 2 is 1.80 bits per heavy atom. The number of aromatic nitrogens is 4. The van der Waals surface area contributed by atoms with Crippen molar-refractivity contribution >= 4 is 29.1 Å². The van der Waals surface area contributed by atoms with E-state index in [1.54, 1.807) is 4.52 Å². The van der Waals surface area contributed by atoms with E-state index in [2.05, 4.69) is 37.4 Å². The van der Waals surface area contributed by atoms with Crippen molar-refractivity contribution in [3.8, 4) is 0 Å². The molecule has 1 amide bonds. The number of aryl methyl sites for hydroxylation is 2. The van der Waals surface area contributed by atoms with Crippen molar-refractivity contribution < 1.29 is 4.79 Å². The fourth-order valence-electron chi connectivity index (χ4n) is 4.47. The number of carbonyl (C=O) groups is 1. The maximum absolute atomic E-state index is 13.1. The highest BCUT2D eigenvalue weighted by atomic mass is 32.2. The van der Waals surface area contributed by atoms with Gasteiger partial charge in [0.15, 0.2) is 0 Å². The van der Waals surface area contributed by atoms with E-state index >= 15 is 0 Å². The summed E-state index contributed by atoms with van der Waals surface area (Å²) < 4.78 is 1.75. The number of fused-ring (bicyclic) bond motifs is 1. The Balaban J connectivity index is 1.22. The van der Waals surface area contributed by atoms with Crippen molar-refractivity contribution in [2.45, 2.75) is 44.0 Å². The summed E-state index contributed by atoms with van der Waals surface area (Å²) in [5, 5.41) is 8.26. The Hall–Kier alpha value is -3.23. The van der Waals surface area contributed by atoms with Crippen LogP contribution >= 0.6 is 11.8 Å². The molecule has 0 bridgehead atoms. The molecule has 1 fully saturated rings. The van der Waals surface area contributed by atoms with Gasteiger partial charge in [-0.2, -0.15) is 4.98 Å². The lowest BCUT2D eigenvalue weighted by molar-refractivity contribution is 0.102. The third-order valence-electron chi connectivity index (χ3n) is 6.34. The third kappa shape index (κ3) is 5.71. The number of carbonyl (C=O) groups excluding carboxylic acids is 1. The summed E-state index contributed by atoms with van der Waals surface area (Å²) in [6.45, 7) is 7.48. The summed E-state index contributed by atoms with van der Waals surface area (Å²) in [5.74, 6) is 1.08. The van der Waals surface area contributed by atoms with Crippen molar-refractivity contribution in [3.05, 3.63) is 82.7 Å². The Morgan fingerprint density at radius 3 is 2.60 bits per heavy atom. The topological polar surface area (TPSA) is 75.4 Å². The molecular formula is C27H30N6OS. The van der Waals surface area contributed by atoms with Crippen molar-refractivity contribution in [1.29, 1.82) is 0 Å². The van der Waals surface area contributed by atoms with Crippen LogP contribution in [0, 0.1) is 13.8 Å². The molecule has 2 aromatic carbocycles. The molecular weight excluding hydrogens is 456 g/mol. The monoisotopic (exact) mass is 486 g/mol. The number of amides is 1. The van der Waals surface area contributed by atoms with Gasteiger partial charge in [0.2, 0.25) is 5.16 Å². The molecule has 4 aromatic rings.